The minimum Gasteiger partial charge on any atom is -0.472 e. The molecular weight excluding hydrogens is 372 g/mol. The van der Waals surface area contributed by atoms with Crippen molar-refractivity contribution in [1.82, 2.24) is 19.5 Å². The number of hydrogen-bond acceptors (Lipinski definition) is 6. The van der Waals surface area contributed by atoms with Crippen LogP contribution < -0.4 is 5.32 Å². The van der Waals surface area contributed by atoms with E-state index in [1.54, 1.807) is 17.9 Å². The zero-order valence-corrected chi connectivity index (χ0v) is 15.6. The van der Waals surface area contributed by atoms with Gasteiger partial charge >= 0.3 is 0 Å². The number of nitrogens with zero attached hydrogens (tertiary/aromatic N) is 3. The molecule has 3 rings (SSSR count). The van der Waals surface area contributed by atoms with Gasteiger partial charge in [-0.2, -0.15) is 4.31 Å². The van der Waals surface area contributed by atoms with Crippen LogP contribution in [-0.2, 0) is 14.8 Å². The van der Waals surface area contributed by atoms with Crippen LogP contribution in [-0.4, -0.2) is 66.6 Å². The number of piperazine rings is 1. The molecule has 1 aliphatic rings. The number of carbonyl (C=O) groups excluding carboxylic acids is 2. The van der Waals surface area contributed by atoms with E-state index in [-0.39, 0.29) is 37.0 Å². The first-order valence-electron chi connectivity index (χ1n) is 8.41. The molecule has 9 nitrogen and oxygen atoms in total. The second kappa shape index (κ2) is 7.89. The van der Waals surface area contributed by atoms with Crippen LogP contribution in [0.25, 0.3) is 0 Å². The van der Waals surface area contributed by atoms with Gasteiger partial charge in [0.15, 0.2) is 0 Å². The molecule has 0 spiro atoms. The largest absolute Gasteiger partial charge is 0.472 e. The fourth-order valence-corrected chi connectivity index (χ4v) is 4.19. The highest BCUT2D eigenvalue weighted by atomic mass is 32.2. The molecule has 2 aromatic rings. The highest BCUT2D eigenvalue weighted by Gasteiger charge is 2.32. The smallest absolute Gasteiger partial charge is 0.255 e. The third-order valence-corrected chi connectivity index (χ3v) is 6.21. The van der Waals surface area contributed by atoms with E-state index in [0.29, 0.717) is 5.56 Å². The highest BCUT2D eigenvalue weighted by molar-refractivity contribution is 7.89. The first-order chi connectivity index (χ1) is 12.9. The van der Waals surface area contributed by atoms with Crippen LogP contribution in [0.15, 0.2) is 52.4 Å². The summed E-state index contributed by atoms with van der Waals surface area (Å²) < 4.78 is 31.4. The van der Waals surface area contributed by atoms with Gasteiger partial charge in [-0.25, -0.2) is 8.42 Å². The highest BCUT2D eigenvalue weighted by Crippen LogP contribution is 2.16. The number of hydrogen-bond donors (Lipinski definition) is 1. The van der Waals surface area contributed by atoms with Crippen molar-refractivity contribution >= 4 is 21.8 Å². The zero-order chi connectivity index (χ0) is 19.4. The SMILES string of the molecule is C[C@@H](NC(=O)c1ccoc1)C(=O)N1CCN(S(=O)(=O)c2cccnc2)CC1. The van der Waals surface area contributed by atoms with Gasteiger partial charge in [-0.3, -0.25) is 14.6 Å². The Morgan fingerprint density at radius 3 is 2.56 bits per heavy atom. The predicted octanol–water partition coefficient (Wildman–Crippen LogP) is 0.326. The number of pyridine rings is 1. The van der Waals surface area contributed by atoms with Crippen LogP contribution >= 0.6 is 0 Å². The van der Waals surface area contributed by atoms with Crippen LogP contribution in [0.3, 0.4) is 0 Å². The van der Waals surface area contributed by atoms with Crippen LogP contribution in [0.5, 0.6) is 0 Å². The van der Waals surface area contributed by atoms with Gasteiger partial charge in [-0.1, -0.05) is 0 Å². The van der Waals surface area contributed by atoms with E-state index < -0.39 is 22.0 Å². The zero-order valence-electron chi connectivity index (χ0n) is 14.7. The molecule has 1 aliphatic heterocycles. The minimum atomic E-state index is -3.63. The molecule has 0 saturated carbocycles. The number of nitrogens with one attached hydrogen (secondary N) is 1. The second-order valence-corrected chi connectivity index (χ2v) is 8.06. The van der Waals surface area contributed by atoms with E-state index >= 15 is 0 Å². The Morgan fingerprint density at radius 1 is 1.22 bits per heavy atom. The summed E-state index contributed by atoms with van der Waals surface area (Å²) in [6.07, 6.45) is 5.49. The van der Waals surface area contributed by atoms with Gasteiger partial charge < -0.3 is 14.6 Å². The molecule has 2 amide bonds. The summed E-state index contributed by atoms with van der Waals surface area (Å²) in [6, 6.07) is 3.84. The van der Waals surface area contributed by atoms with E-state index in [4.69, 9.17) is 4.42 Å². The molecule has 0 bridgehead atoms. The fourth-order valence-electron chi connectivity index (χ4n) is 2.81. The molecule has 1 fully saturated rings. The molecule has 10 heteroatoms. The predicted molar refractivity (Wildman–Crippen MR) is 95.2 cm³/mol. The van der Waals surface area contributed by atoms with E-state index in [1.807, 2.05) is 0 Å². The maximum absolute atomic E-state index is 12.6. The Hall–Kier alpha value is -2.72. The number of amides is 2. The van der Waals surface area contributed by atoms with E-state index in [2.05, 4.69) is 10.3 Å². The Balaban J connectivity index is 1.57. The lowest BCUT2D eigenvalue weighted by Crippen LogP contribution is -2.55. The quantitative estimate of drug-likeness (QED) is 0.784. The fraction of sp³-hybridized carbons (Fsp3) is 0.353. The third-order valence-electron chi connectivity index (χ3n) is 4.32. The number of carbonyl (C=O) groups is 2. The van der Waals surface area contributed by atoms with Crippen molar-refractivity contribution in [1.29, 1.82) is 0 Å². The molecule has 3 heterocycles. The number of sulfonamides is 1. The minimum absolute atomic E-state index is 0.130. The topological polar surface area (TPSA) is 113 Å². The Morgan fingerprint density at radius 2 is 1.96 bits per heavy atom. The lowest BCUT2D eigenvalue weighted by atomic mass is 10.2. The van der Waals surface area contributed by atoms with Crippen LogP contribution in [0.2, 0.25) is 0 Å². The molecule has 0 aromatic carbocycles. The molecule has 27 heavy (non-hydrogen) atoms. The summed E-state index contributed by atoms with van der Waals surface area (Å²) in [5.41, 5.74) is 0.335. The van der Waals surface area contributed by atoms with Crippen molar-refractivity contribution in [2.75, 3.05) is 26.2 Å². The van der Waals surface area contributed by atoms with Gasteiger partial charge in [0.1, 0.15) is 17.2 Å². The summed E-state index contributed by atoms with van der Waals surface area (Å²) >= 11 is 0. The second-order valence-electron chi connectivity index (χ2n) is 6.13. The van der Waals surface area contributed by atoms with Crippen LogP contribution in [0.1, 0.15) is 17.3 Å². The summed E-state index contributed by atoms with van der Waals surface area (Å²) in [7, 11) is -3.63. The Labute approximate surface area is 157 Å². The molecule has 1 saturated heterocycles. The Kier molecular flexibility index (Phi) is 5.57. The molecule has 1 atom stereocenters. The molecule has 0 aliphatic carbocycles. The van der Waals surface area contributed by atoms with E-state index in [9.17, 15) is 18.0 Å². The van der Waals surface area contributed by atoms with Crippen LogP contribution in [0.4, 0.5) is 0 Å². The number of rotatable bonds is 5. The standard InChI is InChI=1S/C17H20N4O5S/c1-13(19-16(22)14-4-10-26-12-14)17(23)20-6-8-21(9-7-20)27(24,25)15-3-2-5-18-11-15/h2-5,10-13H,6-9H2,1H3,(H,19,22)/t13-/m1/s1. The molecule has 1 N–H and O–H groups in total. The normalized spacial score (nSPS) is 16.7. The first kappa shape index (κ1) is 19.1. The average molecular weight is 392 g/mol. The van der Waals surface area contributed by atoms with Gasteiger partial charge in [0.25, 0.3) is 5.91 Å². The van der Waals surface area contributed by atoms with Crippen molar-refractivity contribution in [3.8, 4) is 0 Å². The van der Waals surface area contributed by atoms with Crippen LogP contribution in [0, 0.1) is 0 Å². The van der Waals surface area contributed by atoms with Gasteiger partial charge in [0.2, 0.25) is 15.9 Å². The lowest BCUT2D eigenvalue weighted by molar-refractivity contribution is -0.134. The summed E-state index contributed by atoms with van der Waals surface area (Å²) in [4.78, 5) is 30.1. The summed E-state index contributed by atoms with van der Waals surface area (Å²) in [5, 5.41) is 2.62. The van der Waals surface area contributed by atoms with Gasteiger partial charge in [-0.05, 0) is 25.1 Å². The molecule has 0 radical (unpaired) electrons. The van der Waals surface area contributed by atoms with Crippen molar-refractivity contribution in [3.05, 3.63) is 48.7 Å². The third kappa shape index (κ3) is 4.17. The van der Waals surface area contributed by atoms with E-state index in [1.165, 1.54) is 41.4 Å². The van der Waals surface area contributed by atoms with Gasteiger partial charge in [0.05, 0.1) is 11.8 Å². The Bertz CT molecular complexity index is 891. The summed E-state index contributed by atoms with van der Waals surface area (Å²) in [6.45, 7) is 2.48. The first-order valence-corrected chi connectivity index (χ1v) is 9.85. The number of aromatic nitrogens is 1. The van der Waals surface area contributed by atoms with Crippen molar-refractivity contribution < 1.29 is 22.4 Å². The molecular formula is C17H20N4O5S. The maximum atomic E-state index is 12.6. The van der Waals surface area contributed by atoms with Crippen molar-refractivity contribution in [2.45, 2.75) is 17.9 Å². The van der Waals surface area contributed by atoms with Gasteiger partial charge in [-0.15, -0.1) is 0 Å². The maximum Gasteiger partial charge on any atom is 0.255 e. The van der Waals surface area contributed by atoms with Gasteiger partial charge in [0, 0.05) is 38.6 Å². The van der Waals surface area contributed by atoms with Crippen molar-refractivity contribution in [3.63, 3.8) is 0 Å². The lowest BCUT2D eigenvalue weighted by Gasteiger charge is -2.35. The summed E-state index contributed by atoms with van der Waals surface area (Å²) in [5.74, 6) is -0.660. The molecule has 144 valence electrons. The monoisotopic (exact) mass is 392 g/mol. The van der Waals surface area contributed by atoms with Crippen molar-refractivity contribution in [2.24, 2.45) is 0 Å². The molecule has 0 unspecified atom stereocenters. The molecule has 2 aromatic heterocycles. The average Bonchev–Trinajstić information content (AvgIpc) is 3.23. The number of furan rings is 1. The van der Waals surface area contributed by atoms with E-state index in [0.717, 1.165) is 0 Å².